The predicted octanol–water partition coefficient (Wildman–Crippen LogP) is 6.01. The van der Waals surface area contributed by atoms with E-state index in [2.05, 4.69) is 53.8 Å². The van der Waals surface area contributed by atoms with E-state index in [-0.39, 0.29) is 62.6 Å². The van der Waals surface area contributed by atoms with Gasteiger partial charge < -0.3 is 10.1 Å². The van der Waals surface area contributed by atoms with Crippen molar-refractivity contribution < 1.29 is 19.1 Å². The van der Waals surface area contributed by atoms with Gasteiger partial charge in [-0.3, -0.25) is 14.4 Å². The smallest absolute Gasteiger partial charge is 0.311 e. The van der Waals surface area contributed by atoms with Crippen LogP contribution in [0.5, 0.6) is 0 Å². The number of ether oxygens (including phenoxy) is 1. The van der Waals surface area contributed by atoms with Gasteiger partial charge >= 0.3 is 5.97 Å². The standard InChI is InChI=1S/C31H47NO4/c1-26(2)22-9-12-31(7)24(29(22,5)11-10-23(34)32-26)21(33)17-19-20-18-28(4,25(35)36-8)14-13-27(20,3)15-16-30(19,31)6/h17,20,22,24H,9-16,18H2,1-8H3,(H,32,34)/t20-,22-,24+,27+,28-,29-,30+,31+/m0/s1. The van der Waals surface area contributed by atoms with Crippen LogP contribution in [0.4, 0.5) is 0 Å². The number of hydrogen-bond donors (Lipinski definition) is 1. The number of hydrogen-bond acceptors (Lipinski definition) is 4. The molecule has 0 aromatic carbocycles. The molecule has 4 aliphatic carbocycles. The fourth-order valence-corrected chi connectivity index (χ4v) is 10.4. The molecule has 5 aliphatic rings. The van der Waals surface area contributed by atoms with Crippen molar-refractivity contribution in [3.8, 4) is 0 Å². The van der Waals surface area contributed by atoms with Gasteiger partial charge in [-0.2, -0.15) is 0 Å². The van der Waals surface area contributed by atoms with Crippen molar-refractivity contribution in [1.29, 1.82) is 0 Å². The monoisotopic (exact) mass is 497 g/mol. The first-order valence-corrected chi connectivity index (χ1v) is 14.2. The van der Waals surface area contributed by atoms with Crippen molar-refractivity contribution in [2.75, 3.05) is 7.11 Å². The number of carbonyl (C=O) groups excluding carboxylic acids is 3. The van der Waals surface area contributed by atoms with E-state index in [4.69, 9.17) is 4.74 Å². The summed E-state index contributed by atoms with van der Waals surface area (Å²) < 4.78 is 5.25. The summed E-state index contributed by atoms with van der Waals surface area (Å²) in [5, 5.41) is 3.29. The van der Waals surface area contributed by atoms with Gasteiger partial charge in [-0.15, -0.1) is 0 Å². The molecule has 5 heteroatoms. The lowest BCUT2D eigenvalue weighted by Gasteiger charge is -2.69. The number of nitrogens with one attached hydrogen (secondary N) is 1. The fourth-order valence-electron chi connectivity index (χ4n) is 10.4. The highest BCUT2D eigenvalue weighted by atomic mass is 16.5. The number of methoxy groups -OCH3 is 1. The number of rotatable bonds is 1. The maximum Gasteiger partial charge on any atom is 0.311 e. The molecule has 3 saturated carbocycles. The van der Waals surface area contributed by atoms with Crippen LogP contribution in [-0.2, 0) is 19.1 Å². The first kappa shape index (κ1) is 26.0. The Kier molecular flexibility index (Phi) is 5.55. The third-order valence-electron chi connectivity index (χ3n) is 12.7. The Balaban J connectivity index is 1.62. The van der Waals surface area contributed by atoms with Crippen molar-refractivity contribution in [2.45, 2.75) is 112 Å². The zero-order valence-electron chi connectivity index (χ0n) is 23.8. The molecule has 0 radical (unpaired) electrons. The van der Waals surface area contributed by atoms with Crippen molar-refractivity contribution in [3.05, 3.63) is 11.6 Å². The molecule has 0 aromatic rings. The Morgan fingerprint density at radius 3 is 2.28 bits per heavy atom. The van der Waals surface area contributed by atoms with E-state index in [0.717, 1.165) is 51.4 Å². The Morgan fingerprint density at radius 1 is 0.944 bits per heavy atom. The second-order valence-electron chi connectivity index (χ2n) is 15.0. The molecule has 1 N–H and O–H groups in total. The second kappa shape index (κ2) is 7.69. The Morgan fingerprint density at radius 2 is 1.61 bits per heavy atom. The quantitative estimate of drug-likeness (QED) is 0.450. The van der Waals surface area contributed by atoms with Crippen LogP contribution < -0.4 is 5.32 Å². The SMILES string of the molecule is COC(=O)[C@@]1(C)CC[C@]2(C)CC[C@]3(C)C(=CC(=O)[C@@H]4[C@@]5(C)CCC(=O)NC(C)(C)[C@@H]5CC[C@]43C)[C@@H]2C1. The molecule has 1 heterocycles. The number of ketones is 1. The minimum absolute atomic E-state index is 0.0913. The van der Waals surface area contributed by atoms with Crippen LogP contribution in [0.1, 0.15) is 106 Å². The van der Waals surface area contributed by atoms with Gasteiger partial charge in [-0.25, -0.2) is 0 Å². The van der Waals surface area contributed by atoms with Crippen molar-refractivity contribution >= 4 is 17.7 Å². The van der Waals surface area contributed by atoms with E-state index in [1.807, 2.05) is 6.08 Å². The van der Waals surface area contributed by atoms with E-state index < -0.39 is 5.41 Å². The molecule has 0 bridgehead atoms. The van der Waals surface area contributed by atoms with Crippen LogP contribution in [0.25, 0.3) is 0 Å². The molecule has 1 saturated heterocycles. The van der Waals surface area contributed by atoms with Crippen LogP contribution in [0, 0.1) is 44.8 Å². The lowest BCUT2D eigenvalue weighted by atomic mass is 9.35. The lowest BCUT2D eigenvalue weighted by Crippen LogP contribution is -2.66. The zero-order valence-corrected chi connectivity index (χ0v) is 23.8. The van der Waals surface area contributed by atoms with E-state index >= 15 is 0 Å². The number of fused-ring (bicyclic) bond motifs is 7. The Bertz CT molecular complexity index is 1050. The topological polar surface area (TPSA) is 72.5 Å². The first-order chi connectivity index (χ1) is 16.6. The van der Waals surface area contributed by atoms with Gasteiger partial charge in [0.25, 0.3) is 0 Å². The average Bonchev–Trinajstić information content (AvgIpc) is 2.88. The molecule has 1 aliphatic heterocycles. The molecule has 36 heavy (non-hydrogen) atoms. The molecule has 4 fully saturated rings. The van der Waals surface area contributed by atoms with Gasteiger partial charge in [0.2, 0.25) is 5.91 Å². The van der Waals surface area contributed by atoms with Crippen LogP contribution >= 0.6 is 0 Å². The largest absolute Gasteiger partial charge is 0.469 e. The van der Waals surface area contributed by atoms with E-state index in [9.17, 15) is 14.4 Å². The third-order valence-corrected chi connectivity index (χ3v) is 12.7. The van der Waals surface area contributed by atoms with Gasteiger partial charge in [0.15, 0.2) is 5.78 Å². The summed E-state index contributed by atoms with van der Waals surface area (Å²) in [4.78, 5) is 39.9. The van der Waals surface area contributed by atoms with E-state index in [0.29, 0.717) is 6.42 Å². The highest BCUT2D eigenvalue weighted by Crippen LogP contribution is 2.73. The highest BCUT2D eigenvalue weighted by molar-refractivity contribution is 5.96. The van der Waals surface area contributed by atoms with Crippen molar-refractivity contribution in [1.82, 2.24) is 5.32 Å². The molecule has 200 valence electrons. The van der Waals surface area contributed by atoms with E-state index in [1.54, 1.807) is 0 Å². The summed E-state index contributed by atoms with van der Waals surface area (Å²) in [6, 6.07) is 0. The van der Waals surface area contributed by atoms with Gasteiger partial charge in [0, 0.05) is 17.9 Å². The molecule has 5 rings (SSSR count). The minimum atomic E-state index is -0.500. The average molecular weight is 498 g/mol. The number of carbonyl (C=O) groups is 3. The van der Waals surface area contributed by atoms with Crippen LogP contribution in [0.15, 0.2) is 11.6 Å². The molecular weight excluding hydrogens is 450 g/mol. The summed E-state index contributed by atoms with van der Waals surface area (Å²) in [5.74, 6) is 0.648. The maximum absolute atomic E-state index is 14.4. The van der Waals surface area contributed by atoms with Crippen molar-refractivity contribution in [2.24, 2.45) is 44.8 Å². The first-order valence-electron chi connectivity index (χ1n) is 14.2. The van der Waals surface area contributed by atoms with Crippen molar-refractivity contribution in [3.63, 3.8) is 0 Å². The summed E-state index contributed by atoms with van der Waals surface area (Å²) in [7, 11) is 1.49. The van der Waals surface area contributed by atoms with Gasteiger partial charge in [0.05, 0.1) is 12.5 Å². The van der Waals surface area contributed by atoms with Gasteiger partial charge in [-0.05, 0) is 112 Å². The fraction of sp³-hybridized carbons (Fsp3) is 0.839. The Labute approximate surface area is 217 Å². The molecule has 0 spiro atoms. The van der Waals surface area contributed by atoms with Crippen LogP contribution in [0.2, 0.25) is 0 Å². The summed E-state index contributed by atoms with van der Waals surface area (Å²) >= 11 is 0. The van der Waals surface area contributed by atoms with Crippen LogP contribution in [0.3, 0.4) is 0 Å². The molecule has 0 unspecified atom stereocenters. The maximum atomic E-state index is 14.4. The second-order valence-corrected chi connectivity index (χ2v) is 15.0. The molecule has 0 aromatic heterocycles. The summed E-state index contributed by atoms with van der Waals surface area (Å²) in [6.45, 7) is 15.9. The molecular formula is C31H47NO4. The number of allylic oxidation sites excluding steroid dienone is 2. The number of amides is 1. The Hall–Kier alpha value is -1.65. The third kappa shape index (κ3) is 3.22. The van der Waals surface area contributed by atoms with Gasteiger partial charge in [-0.1, -0.05) is 33.3 Å². The molecule has 8 atom stereocenters. The summed E-state index contributed by atoms with van der Waals surface area (Å²) in [6.07, 6.45) is 10.1. The van der Waals surface area contributed by atoms with Crippen LogP contribution in [-0.4, -0.2) is 30.3 Å². The number of esters is 1. The minimum Gasteiger partial charge on any atom is -0.469 e. The highest BCUT2D eigenvalue weighted by Gasteiger charge is 2.69. The molecule has 5 nitrogen and oxygen atoms in total. The zero-order chi connectivity index (χ0) is 26.5. The normalized spacial score (nSPS) is 49.8. The molecule has 1 amide bonds. The summed E-state index contributed by atoms with van der Waals surface area (Å²) in [5.41, 5.74) is 0.107. The van der Waals surface area contributed by atoms with Gasteiger partial charge in [0.1, 0.15) is 0 Å². The lowest BCUT2D eigenvalue weighted by molar-refractivity contribution is -0.172. The van der Waals surface area contributed by atoms with E-state index in [1.165, 1.54) is 12.7 Å². The predicted molar refractivity (Wildman–Crippen MR) is 140 cm³/mol.